The van der Waals surface area contributed by atoms with Gasteiger partial charge in [0.25, 0.3) is 0 Å². The fourth-order valence-corrected chi connectivity index (χ4v) is 3.36. The molecule has 1 aliphatic heterocycles. The maximum absolute atomic E-state index is 13.1. The zero-order valence-electron chi connectivity index (χ0n) is 15.6. The van der Waals surface area contributed by atoms with E-state index < -0.39 is 0 Å². The molecule has 5 nitrogen and oxygen atoms in total. The first-order valence-corrected chi connectivity index (χ1v) is 9.35. The van der Waals surface area contributed by atoms with Gasteiger partial charge in [0.2, 0.25) is 0 Å². The number of aldehydes is 1. The van der Waals surface area contributed by atoms with Gasteiger partial charge >= 0.3 is 0 Å². The lowest BCUT2D eigenvalue weighted by Gasteiger charge is -2.26. The third kappa shape index (κ3) is 4.74. The molecule has 2 aromatic rings. The molecule has 1 saturated heterocycles. The summed E-state index contributed by atoms with van der Waals surface area (Å²) in [4.78, 5) is 26.6. The number of carbonyl (C=O) groups is 2. The van der Waals surface area contributed by atoms with Crippen molar-refractivity contribution in [3.63, 3.8) is 0 Å². The molecule has 1 aliphatic rings. The molecular weight excluding hydrogens is 342 g/mol. The Hall–Kier alpha value is -2.66. The van der Waals surface area contributed by atoms with Crippen LogP contribution in [0.25, 0.3) is 0 Å². The molecule has 0 saturated carbocycles. The minimum atomic E-state index is -0.183. The molecule has 1 heterocycles. The molecule has 3 rings (SSSR count). The second kappa shape index (κ2) is 9.33. The Bertz CT molecular complexity index is 797. The van der Waals surface area contributed by atoms with E-state index in [4.69, 9.17) is 9.47 Å². The van der Waals surface area contributed by atoms with Crippen LogP contribution in [0.2, 0.25) is 0 Å². The smallest absolute Gasteiger partial charge is 0.200 e. The van der Waals surface area contributed by atoms with E-state index in [0.29, 0.717) is 34.8 Å². The van der Waals surface area contributed by atoms with E-state index in [9.17, 15) is 9.59 Å². The van der Waals surface area contributed by atoms with E-state index in [1.54, 1.807) is 36.4 Å². The topological polar surface area (TPSA) is 55.8 Å². The van der Waals surface area contributed by atoms with E-state index >= 15 is 0 Å². The Balaban J connectivity index is 1.79. The zero-order chi connectivity index (χ0) is 19.1. The van der Waals surface area contributed by atoms with Gasteiger partial charge in [-0.15, -0.1) is 0 Å². The highest BCUT2D eigenvalue weighted by Gasteiger charge is 2.19. The van der Waals surface area contributed by atoms with Crippen LogP contribution >= 0.6 is 0 Å². The molecule has 27 heavy (non-hydrogen) atoms. The van der Waals surface area contributed by atoms with Crippen molar-refractivity contribution in [2.45, 2.75) is 19.3 Å². The number of methoxy groups -OCH3 is 1. The fourth-order valence-electron chi connectivity index (χ4n) is 3.36. The molecule has 2 aromatic carbocycles. The fraction of sp³-hybridized carbons (Fsp3) is 0.364. The van der Waals surface area contributed by atoms with Gasteiger partial charge in [-0.05, 0) is 50.2 Å². The van der Waals surface area contributed by atoms with Crippen molar-refractivity contribution in [2.75, 3.05) is 33.4 Å². The normalized spacial score (nSPS) is 14.6. The van der Waals surface area contributed by atoms with Crippen molar-refractivity contribution in [3.8, 4) is 11.5 Å². The molecule has 0 bridgehead atoms. The number of ether oxygens (including phenoxy) is 2. The first-order chi connectivity index (χ1) is 13.2. The van der Waals surface area contributed by atoms with Gasteiger partial charge in [-0.25, -0.2) is 0 Å². The zero-order valence-corrected chi connectivity index (χ0v) is 15.6. The molecular formula is C22H25NO4. The van der Waals surface area contributed by atoms with Crippen LogP contribution in [-0.4, -0.2) is 50.3 Å². The van der Waals surface area contributed by atoms with Gasteiger partial charge in [0, 0.05) is 12.1 Å². The quantitative estimate of drug-likeness (QED) is 0.527. The predicted molar refractivity (Wildman–Crippen MR) is 104 cm³/mol. The average molecular weight is 367 g/mol. The second-order valence-corrected chi connectivity index (χ2v) is 6.65. The summed E-state index contributed by atoms with van der Waals surface area (Å²) in [6.45, 7) is 3.47. The van der Waals surface area contributed by atoms with Crippen molar-refractivity contribution in [3.05, 3.63) is 59.2 Å². The summed E-state index contributed by atoms with van der Waals surface area (Å²) in [5, 5.41) is 0. The van der Waals surface area contributed by atoms with Crippen LogP contribution in [0.4, 0.5) is 0 Å². The molecule has 0 unspecified atom stereocenters. The summed E-state index contributed by atoms with van der Waals surface area (Å²) in [5.41, 5.74) is 1.39. The Morgan fingerprint density at radius 2 is 1.78 bits per heavy atom. The Morgan fingerprint density at radius 1 is 1.04 bits per heavy atom. The summed E-state index contributed by atoms with van der Waals surface area (Å²) in [6.07, 6.45) is 4.49. The molecule has 0 spiro atoms. The van der Waals surface area contributed by atoms with E-state index in [1.165, 1.54) is 26.4 Å². The van der Waals surface area contributed by atoms with Crippen molar-refractivity contribution < 1.29 is 19.1 Å². The Kier molecular flexibility index (Phi) is 6.60. The summed E-state index contributed by atoms with van der Waals surface area (Å²) in [6, 6.07) is 12.0. The molecule has 5 heteroatoms. The van der Waals surface area contributed by atoms with Crippen LogP contribution in [0.3, 0.4) is 0 Å². The standard InChI is InChI=1S/C22H25NO4/c1-26-20-8-4-3-7-18(20)22(25)19-10-9-17(16-24)15-21(19)27-14-13-23-11-5-2-6-12-23/h3-4,7-10,15-16H,2,5-6,11-14H2,1H3. The van der Waals surface area contributed by atoms with Crippen molar-refractivity contribution in [1.82, 2.24) is 4.90 Å². The van der Waals surface area contributed by atoms with Crippen LogP contribution in [-0.2, 0) is 0 Å². The number of piperidine rings is 1. The average Bonchev–Trinajstić information content (AvgIpc) is 2.74. The van der Waals surface area contributed by atoms with Gasteiger partial charge in [0.15, 0.2) is 5.78 Å². The molecule has 0 aliphatic carbocycles. The summed E-state index contributed by atoms with van der Waals surface area (Å²) >= 11 is 0. The van der Waals surface area contributed by atoms with Gasteiger partial charge in [-0.1, -0.05) is 24.6 Å². The highest BCUT2D eigenvalue weighted by Crippen LogP contribution is 2.27. The molecule has 142 valence electrons. The molecule has 0 aromatic heterocycles. The minimum absolute atomic E-state index is 0.183. The Morgan fingerprint density at radius 3 is 2.52 bits per heavy atom. The van der Waals surface area contributed by atoms with Crippen molar-refractivity contribution in [1.29, 1.82) is 0 Å². The third-order valence-corrected chi connectivity index (χ3v) is 4.85. The number of ketones is 1. The number of hydrogen-bond acceptors (Lipinski definition) is 5. The van der Waals surface area contributed by atoms with Gasteiger partial charge in [-0.2, -0.15) is 0 Å². The van der Waals surface area contributed by atoms with Crippen molar-refractivity contribution in [2.24, 2.45) is 0 Å². The Labute approximate surface area is 159 Å². The first kappa shape index (κ1) is 19.1. The second-order valence-electron chi connectivity index (χ2n) is 6.65. The van der Waals surface area contributed by atoms with Crippen LogP contribution < -0.4 is 9.47 Å². The number of benzene rings is 2. The SMILES string of the molecule is COc1ccccc1C(=O)c1ccc(C=O)cc1OCCN1CCCCC1. The van der Waals surface area contributed by atoms with E-state index in [0.717, 1.165) is 25.9 Å². The maximum atomic E-state index is 13.1. The molecule has 0 amide bonds. The van der Waals surface area contributed by atoms with E-state index in [-0.39, 0.29) is 5.78 Å². The van der Waals surface area contributed by atoms with Gasteiger partial charge in [0.1, 0.15) is 24.4 Å². The number of rotatable bonds is 8. The molecule has 0 radical (unpaired) electrons. The summed E-state index contributed by atoms with van der Waals surface area (Å²) in [5.74, 6) is 0.770. The molecule has 1 fully saturated rings. The number of hydrogen-bond donors (Lipinski definition) is 0. The summed E-state index contributed by atoms with van der Waals surface area (Å²) in [7, 11) is 1.54. The van der Waals surface area contributed by atoms with Crippen LogP contribution in [0.1, 0.15) is 45.5 Å². The predicted octanol–water partition coefficient (Wildman–Crippen LogP) is 3.60. The number of carbonyl (C=O) groups excluding carboxylic acids is 2. The van der Waals surface area contributed by atoms with Crippen molar-refractivity contribution >= 4 is 12.1 Å². The van der Waals surface area contributed by atoms with Gasteiger partial charge in [0.05, 0.1) is 18.2 Å². The van der Waals surface area contributed by atoms with Gasteiger partial charge in [-0.3, -0.25) is 14.5 Å². The lowest BCUT2D eigenvalue weighted by molar-refractivity contribution is 0.102. The number of likely N-dealkylation sites (tertiary alicyclic amines) is 1. The highest BCUT2D eigenvalue weighted by atomic mass is 16.5. The monoisotopic (exact) mass is 367 g/mol. The van der Waals surface area contributed by atoms with Crippen LogP contribution in [0, 0.1) is 0 Å². The number of para-hydroxylation sites is 1. The lowest BCUT2D eigenvalue weighted by Crippen LogP contribution is -2.33. The van der Waals surface area contributed by atoms with E-state index in [2.05, 4.69) is 4.90 Å². The lowest BCUT2D eigenvalue weighted by atomic mass is 10.00. The van der Waals surface area contributed by atoms with E-state index in [1.807, 2.05) is 6.07 Å². The minimum Gasteiger partial charge on any atom is -0.496 e. The van der Waals surface area contributed by atoms with Crippen LogP contribution in [0.15, 0.2) is 42.5 Å². The van der Waals surface area contributed by atoms with Crippen LogP contribution in [0.5, 0.6) is 11.5 Å². The highest BCUT2D eigenvalue weighted by molar-refractivity contribution is 6.12. The van der Waals surface area contributed by atoms with Gasteiger partial charge < -0.3 is 9.47 Å². The third-order valence-electron chi connectivity index (χ3n) is 4.85. The largest absolute Gasteiger partial charge is 0.496 e. The summed E-state index contributed by atoms with van der Waals surface area (Å²) < 4.78 is 11.2. The molecule has 0 atom stereocenters. The first-order valence-electron chi connectivity index (χ1n) is 9.35. The molecule has 0 N–H and O–H groups in total. The maximum Gasteiger partial charge on any atom is 0.200 e. The number of nitrogens with zero attached hydrogens (tertiary/aromatic N) is 1.